The van der Waals surface area contributed by atoms with E-state index in [1.165, 1.54) is 6.92 Å². The fourth-order valence-corrected chi connectivity index (χ4v) is 1.80. The molecule has 1 heterocycles. The number of nitrogens with zero attached hydrogens (tertiary/aromatic N) is 2. The Hall–Kier alpha value is -2.87. The zero-order chi connectivity index (χ0) is 20.4. The molecular weight excluding hydrogens is 392 g/mol. The zero-order valence-corrected chi connectivity index (χ0v) is 13.2. The summed E-state index contributed by atoms with van der Waals surface area (Å²) in [6, 6.07) is 1.96. The summed E-state index contributed by atoms with van der Waals surface area (Å²) in [5.74, 6) is -3.23. The van der Waals surface area contributed by atoms with Crippen LogP contribution in [0.15, 0.2) is 30.6 Å². The lowest BCUT2D eigenvalue weighted by molar-refractivity contribution is -0.276. The first kappa shape index (κ1) is 20.4. The second-order valence-electron chi connectivity index (χ2n) is 4.94. The third-order valence-corrected chi connectivity index (χ3v) is 2.79. The molecule has 0 spiro atoms. The highest BCUT2D eigenvalue weighted by atomic mass is 19.4. The lowest BCUT2D eigenvalue weighted by atomic mass is 10.2. The Morgan fingerprint density at radius 3 is 2.00 bits per heavy atom. The molecule has 0 amide bonds. The van der Waals surface area contributed by atoms with Gasteiger partial charge in [-0.15, -0.1) is 31.9 Å². The number of hydrogen-bond donors (Lipinski definition) is 2. The number of rotatable bonds is 6. The molecule has 0 aromatic heterocycles. The average molecular weight is 403 g/mol. The Labute approximate surface area is 147 Å². The second-order valence-corrected chi connectivity index (χ2v) is 4.94. The largest absolute Gasteiger partial charge is 0.573 e. The maximum atomic E-state index is 12.4. The number of hydroxylamine groups is 1. The zero-order valence-electron chi connectivity index (χ0n) is 13.2. The number of nitrogens with one attached hydrogen (secondary N) is 1. The van der Waals surface area contributed by atoms with E-state index in [9.17, 15) is 31.1 Å². The van der Waals surface area contributed by atoms with Crippen LogP contribution in [0, 0.1) is 0 Å². The van der Waals surface area contributed by atoms with Crippen molar-refractivity contribution in [1.29, 1.82) is 0 Å². The van der Waals surface area contributed by atoms with Crippen molar-refractivity contribution in [2.75, 3.05) is 5.01 Å². The quantitative estimate of drug-likeness (QED) is 0.702. The van der Waals surface area contributed by atoms with Gasteiger partial charge >= 0.3 is 18.7 Å². The monoisotopic (exact) mass is 403 g/mol. The van der Waals surface area contributed by atoms with Crippen molar-refractivity contribution in [1.82, 2.24) is 10.7 Å². The highest BCUT2D eigenvalue weighted by Gasteiger charge is 2.34. The summed E-state index contributed by atoms with van der Waals surface area (Å²) in [5, 5.41) is 10.5. The van der Waals surface area contributed by atoms with Crippen LogP contribution in [0.4, 0.5) is 32.0 Å². The molecule has 8 nitrogen and oxygen atoms in total. The second kappa shape index (κ2) is 7.40. The molecule has 0 bridgehead atoms. The Morgan fingerprint density at radius 2 is 1.56 bits per heavy atom. The van der Waals surface area contributed by atoms with E-state index in [0.717, 1.165) is 34.7 Å². The molecule has 2 N–H and O–H groups in total. The summed E-state index contributed by atoms with van der Waals surface area (Å²) < 4.78 is 81.6. The fraction of sp³-hybridized carbons (Fsp3) is 0.308. The molecule has 1 aromatic carbocycles. The first-order valence-electron chi connectivity index (χ1n) is 6.92. The summed E-state index contributed by atoms with van der Waals surface area (Å²) in [6.07, 6.45) is -9.28. The van der Waals surface area contributed by atoms with Crippen molar-refractivity contribution in [2.45, 2.75) is 25.8 Å². The van der Waals surface area contributed by atoms with Gasteiger partial charge in [-0.1, -0.05) is 0 Å². The van der Waals surface area contributed by atoms with E-state index >= 15 is 0 Å². The van der Waals surface area contributed by atoms with Gasteiger partial charge in [0.2, 0.25) is 0 Å². The maximum Gasteiger partial charge on any atom is 0.573 e. The Bertz CT molecular complexity index is 689. The summed E-state index contributed by atoms with van der Waals surface area (Å²) >= 11 is 0. The van der Waals surface area contributed by atoms with Gasteiger partial charge in [-0.3, -0.25) is 5.01 Å². The highest BCUT2D eigenvalue weighted by Crippen LogP contribution is 2.34. The van der Waals surface area contributed by atoms with E-state index in [1.807, 2.05) is 0 Å². The lowest BCUT2D eigenvalue weighted by Crippen LogP contribution is -2.42. The molecule has 0 radical (unpaired) electrons. The normalized spacial score (nSPS) is 15.8. The summed E-state index contributed by atoms with van der Waals surface area (Å²) in [6.45, 7) is 1.20. The molecule has 1 aliphatic heterocycles. The van der Waals surface area contributed by atoms with Gasteiger partial charge in [0.1, 0.15) is 11.5 Å². The molecule has 0 saturated carbocycles. The van der Waals surface area contributed by atoms with Gasteiger partial charge in [-0.05, 0) is 6.92 Å². The number of carboxylic acid groups (broad SMARTS) is 1. The van der Waals surface area contributed by atoms with Crippen molar-refractivity contribution < 1.29 is 50.6 Å². The number of alkyl halides is 6. The number of aliphatic carboxylic acids is 1. The van der Waals surface area contributed by atoms with Crippen molar-refractivity contribution in [3.63, 3.8) is 0 Å². The number of hydrogen-bond acceptors (Lipinski definition) is 7. The molecule has 1 atom stereocenters. The molecule has 0 aliphatic carbocycles. The van der Waals surface area contributed by atoms with Gasteiger partial charge in [0.25, 0.3) is 0 Å². The fourth-order valence-electron chi connectivity index (χ4n) is 1.80. The number of benzene rings is 1. The molecule has 1 aliphatic rings. The van der Waals surface area contributed by atoms with Gasteiger partial charge in [0, 0.05) is 24.4 Å². The van der Waals surface area contributed by atoms with Gasteiger partial charge < -0.3 is 14.6 Å². The summed E-state index contributed by atoms with van der Waals surface area (Å²) in [5.41, 5.74) is 2.12. The number of carboxylic acids is 1. The van der Waals surface area contributed by atoms with Gasteiger partial charge in [-0.2, -0.15) is 5.17 Å². The van der Waals surface area contributed by atoms with Crippen LogP contribution in [0.3, 0.4) is 0 Å². The van der Waals surface area contributed by atoms with Crippen LogP contribution in [0.1, 0.15) is 6.92 Å². The molecular formula is C13H11F6N3O5. The topological polar surface area (TPSA) is 83.5 Å². The van der Waals surface area contributed by atoms with Crippen molar-refractivity contribution >= 4 is 11.7 Å². The SMILES string of the molecule is CC(ON1C=CN(c2cc(OC(F)(F)F)cc(OC(F)(F)F)c2)N1)C(=O)O. The number of halogens is 6. The predicted molar refractivity (Wildman–Crippen MR) is 74.6 cm³/mol. The predicted octanol–water partition coefficient (Wildman–Crippen LogP) is 2.90. The maximum absolute atomic E-state index is 12.4. The van der Waals surface area contributed by atoms with Gasteiger partial charge in [-0.25, -0.2) is 9.63 Å². The Morgan fingerprint density at radius 1 is 1.04 bits per heavy atom. The molecule has 0 fully saturated rings. The van der Waals surface area contributed by atoms with E-state index in [4.69, 9.17) is 9.94 Å². The van der Waals surface area contributed by atoms with E-state index in [1.54, 1.807) is 0 Å². The molecule has 2 rings (SSSR count). The van der Waals surface area contributed by atoms with E-state index < -0.39 is 36.3 Å². The number of hydrazine groups is 2. The van der Waals surface area contributed by atoms with Crippen molar-refractivity contribution in [3.05, 3.63) is 30.6 Å². The molecule has 0 saturated heterocycles. The van der Waals surface area contributed by atoms with Crippen LogP contribution in [-0.4, -0.2) is 35.1 Å². The lowest BCUT2D eigenvalue weighted by Gasteiger charge is -2.24. The Kier molecular flexibility index (Phi) is 5.60. The summed E-state index contributed by atoms with van der Waals surface area (Å²) in [7, 11) is 0. The minimum absolute atomic E-state index is 0.249. The smallest absolute Gasteiger partial charge is 0.479 e. The number of ether oxygens (including phenoxy) is 2. The average Bonchev–Trinajstić information content (AvgIpc) is 2.91. The molecule has 27 heavy (non-hydrogen) atoms. The number of anilines is 1. The van der Waals surface area contributed by atoms with Crippen LogP contribution in [0.5, 0.6) is 11.5 Å². The standard InChI is InChI=1S/C13H11F6N3O5/c1-7(11(23)24)27-22-3-2-21(20-22)8-4-9(25-12(14,15)16)6-10(5-8)26-13(17,18)19/h2-7,20H,1H3,(H,23,24). The summed E-state index contributed by atoms with van der Waals surface area (Å²) in [4.78, 5) is 15.6. The van der Waals surface area contributed by atoms with Crippen molar-refractivity contribution in [3.8, 4) is 11.5 Å². The van der Waals surface area contributed by atoms with Crippen LogP contribution < -0.4 is 20.0 Å². The molecule has 150 valence electrons. The molecule has 14 heteroatoms. The van der Waals surface area contributed by atoms with Crippen LogP contribution in [0.25, 0.3) is 0 Å². The van der Waals surface area contributed by atoms with Crippen LogP contribution >= 0.6 is 0 Å². The molecule has 1 aromatic rings. The Balaban J connectivity index is 2.22. The van der Waals surface area contributed by atoms with Crippen molar-refractivity contribution in [2.24, 2.45) is 0 Å². The van der Waals surface area contributed by atoms with E-state index in [-0.39, 0.29) is 5.69 Å². The minimum atomic E-state index is -5.14. The van der Waals surface area contributed by atoms with Crippen LogP contribution in [-0.2, 0) is 9.63 Å². The highest BCUT2D eigenvalue weighted by molar-refractivity contribution is 5.71. The molecule has 1 unspecified atom stereocenters. The van der Waals surface area contributed by atoms with E-state index in [2.05, 4.69) is 15.0 Å². The van der Waals surface area contributed by atoms with Crippen LogP contribution in [0.2, 0.25) is 0 Å². The minimum Gasteiger partial charge on any atom is -0.479 e. The third kappa shape index (κ3) is 6.41. The van der Waals surface area contributed by atoms with E-state index in [0.29, 0.717) is 6.07 Å². The van der Waals surface area contributed by atoms with Gasteiger partial charge in [0.15, 0.2) is 6.10 Å². The number of carbonyl (C=O) groups is 1. The van der Waals surface area contributed by atoms with Gasteiger partial charge in [0.05, 0.1) is 11.9 Å². The first-order valence-corrected chi connectivity index (χ1v) is 6.92. The first-order chi connectivity index (χ1) is 12.3. The third-order valence-electron chi connectivity index (χ3n) is 2.79.